The van der Waals surface area contributed by atoms with E-state index in [0.717, 1.165) is 0 Å². The smallest absolute Gasteiger partial charge is 0.120 e. The summed E-state index contributed by atoms with van der Waals surface area (Å²) in [6.07, 6.45) is 0.432. The van der Waals surface area contributed by atoms with Gasteiger partial charge in [-0.15, -0.1) is 0 Å². The lowest BCUT2D eigenvalue weighted by molar-refractivity contribution is 0.152. The molecule has 15 heavy (non-hydrogen) atoms. The van der Waals surface area contributed by atoms with E-state index in [1.165, 1.54) is 0 Å². The third-order valence-electron chi connectivity index (χ3n) is 2.20. The summed E-state index contributed by atoms with van der Waals surface area (Å²) in [5, 5.41) is 18.9. The van der Waals surface area contributed by atoms with Crippen molar-refractivity contribution in [2.75, 3.05) is 13.7 Å². The molecule has 1 rings (SSSR count). The number of ether oxygens (including phenoxy) is 1. The zero-order valence-corrected chi connectivity index (χ0v) is 9.37. The fourth-order valence-corrected chi connectivity index (χ4v) is 1.64. The number of hydrogen-bond donors (Lipinski definition) is 2. The van der Waals surface area contributed by atoms with Gasteiger partial charge in [0.05, 0.1) is 18.2 Å². The molecule has 0 aromatic heterocycles. The molecule has 0 spiro atoms. The Morgan fingerprint density at radius 2 is 2.20 bits per heavy atom. The van der Waals surface area contributed by atoms with Crippen LogP contribution in [0.25, 0.3) is 0 Å². The predicted molar refractivity (Wildman–Crippen MR) is 59.3 cm³/mol. The summed E-state index contributed by atoms with van der Waals surface area (Å²) < 4.78 is 5.00. The van der Waals surface area contributed by atoms with Crippen molar-refractivity contribution in [3.63, 3.8) is 0 Å². The number of halogens is 1. The fraction of sp³-hybridized carbons (Fsp3) is 0.455. The van der Waals surface area contributed by atoms with Crippen LogP contribution < -0.4 is 4.74 Å². The maximum atomic E-state index is 9.76. The molecule has 4 heteroatoms. The summed E-state index contributed by atoms with van der Waals surface area (Å²) in [5.41, 5.74) is 0.672. The average molecular weight is 231 g/mol. The van der Waals surface area contributed by atoms with Crippen LogP contribution in [-0.4, -0.2) is 23.9 Å². The van der Waals surface area contributed by atoms with Gasteiger partial charge in [-0.05, 0) is 30.5 Å². The van der Waals surface area contributed by atoms with Crippen molar-refractivity contribution in [3.05, 3.63) is 28.8 Å². The van der Waals surface area contributed by atoms with E-state index in [-0.39, 0.29) is 6.61 Å². The summed E-state index contributed by atoms with van der Waals surface area (Å²) in [6, 6.07) is 5.16. The van der Waals surface area contributed by atoms with Gasteiger partial charge in [0.25, 0.3) is 0 Å². The molecule has 1 aromatic rings. The second-order valence-electron chi connectivity index (χ2n) is 3.27. The Morgan fingerprint density at radius 1 is 1.47 bits per heavy atom. The highest BCUT2D eigenvalue weighted by atomic mass is 35.5. The highest BCUT2D eigenvalue weighted by Crippen LogP contribution is 2.29. The molecule has 0 saturated carbocycles. The molecule has 2 N–H and O–H groups in total. The van der Waals surface area contributed by atoms with E-state index in [1.54, 1.807) is 25.3 Å². The maximum absolute atomic E-state index is 9.76. The van der Waals surface area contributed by atoms with Crippen molar-refractivity contribution in [2.24, 2.45) is 0 Å². The van der Waals surface area contributed by atoms with Crippen LogP contribution in [0, 0.1) is 0 Å². The molecule has 0 aliphatic rings. The minimum Gasteiger partial charge on any atom is -0.497 e. The van der Waals surface area contributed by atoms with Gasteiger partial charge >= 0.3 is 0 Å². The second-order valence-corrected chi connectivity index (χ2v) is 3.68. The molecular formula is C11H15ClO3. The minimum absolute atomic E-state index is 0.0742. The maximum Gasteiger partial charge on any atom is 0.120 e. The van der Waals surface area contributed by atoms with Gasteiger partial charge in [-0.2, -0.15) is 0 Å². The standard InChI is InChI=1S/C11H15ClO3/c1-15-8-4-5-9(10(12)7-8)11(14)3-2-6-13/h4-5,7,11,13-14H,2-3,6H2,1H3. The summed E-state index contributed by atoms with van der Waals surface area (Å²) in [5.74, 6) is 0.665. The Morgan fingerprint density at radius 3 is 2.73 bits per heavy atom. The van der Waals surface area contributed by atoms with E-state index in [4.69, 9.17) is 21.4 Å². The largest absolute Gasteiger partial charge is 0.497 e. The highest BCUT2D eigenvalue weighted by Gasteiger charge is 2.11. The third-order valence-corrected chi connectivity index (χ3v) is 2.53. The Bertz CT molecular complexity index is 315. The van der Waals surface area contributed by atoms with Gasteiger partial charge in [-0.3, -0.25) is 0 Å². The van der Waals surface area contributed by atoms with E-state index in [2.05, 4.69) is 0 Å². The number of aliphatic hydroxyl groups excluding tert-OH is 2. The molecule has 84 valence electrons. The van der Waals surface area contributed by atoms with Crippen molar-refractivity contribution in [2.45, 2.75) is 18.9 Å². The first-order valence-corrected chi connectivity index (χ1v) is 5.19. The summed E-state index contributed by atoms with van der Waals surface area (Å²) in [6.45, 7) is 0.0742. The Hall–Kier alpha value is -0.770. The van der Waals surface area contributed by atoms with E-state index >= 15 is 0 Å². The van der Waals surface area contributed by atoms with Crippen molar-refractivity contribution in [1.29, 1.82) is 0 Å². The predicted octanol–water partition coefficient (Wildman–Crippen LogP) is 2.15. The van der Waals surface area contributed by atoms with E-state index in [0.29, 0.717) is 29.2 Å². The highest BCUT2D eigenvalue weighted by molar-refractivity contribution is 6.31. The quantitative estimate of drug-likeness (QED) is 0.815. The fourth-order valence-electron chi connectivity index (χ4n) is 1.35. The molecule has 0 amide bonds. The van der Waals surface area contributed by atoms with Gasteiger partial charge < -0.3 is 14.9 Å². The first-order chi connectivity index (χ1) is 7.19. The number of hydrogen-bond acceptors (Lipinski definition) is 3. The third kappa shape index (κ3) is 3.38. The van der Waals surface area contributed by atoms with Gasteiger partial charge in [0.15, 0.2) is 0 Å². The molecule has 1 unspecified atom stereocenters. The lowest BCUT2D eigenvalue weighted by Gasteiger charge is -2.12. The lowest BCUT2D eigenvalue weighted by Crippen LogP contribution is -2.00. The van der Waals surface area contributed by atoms with Crippen LogP contribution in [0.3, 0.4) is 0 Å². The number of benzene rings is 1. The van der Waals surface area contributed by atoms with Crippen LogP contribution in [0.2, 0.25) is 5.02 Å². The SMILES string of the molecule is COc1ccc(C(O)CCCO)c(Cl)c1. The van der Waals surface area contributed by atoms with Gasteiger partial charge in [0.1, 0.15) is 5.75 Å². The van der Waals surface area contributed by atoms with Crippen molar-refractivity contribution < 1.29 is 14.9 Å². The molecule has 1 atom stereocenters. The molecule has 0 bridgehead atoms. The van der Waals surface area contributed by atoms with Crippen molar-refractivity contribution in [1.82, 2.24) is 0 Å². The molecule has 0 fully saturated rings. The first-order valence-electron chi connectivity index (χ1n) is 4.81. The number of methoxy groups -OCH3 is 1. The van der Waals surface area contributed by atoms with Gasteiger partial charge in [0, 0.05) is 6.61 Å². The van der Waals surface area contributed by atoms with Gasteiger partial charge in [-0.1, -0.05) is 17.7 Å². The Labute approximate surface area is 94.3 Å². The van der Waals surface area contributed by atoms with E-state index in [9.17, 15) is 5.11 Å². The summed E-state index contributed by atoms with van der Waals surface area (Å²) >= 11 is 5.98. The molecular weight excluding hydrogens is 216 g/mol. The average Bonchev–Trinajstić information content (AvgIpc) is 2.25. The molecule has 0 saturated heterocycles. The van der Waals surface area contributed by atoms with Gasteiger partial charge in [0.2, 0.25) is 0 Å². The first kappa shape index (κ1) is 12.3. The van der Waals surface area contributed by atoms with Crippen LogP contribution in [-0.2, 0) is 0 Å². The monoisotopic (exact) mass is 230 g/mol. The molecule has 0 radical (unpaired) electrons. The van der Waals surface area contributed by atoms with Crippen LogP contribution in [0.4, 0.5) is 0 Å². The Balaban J connectivity index is 2.76. The van der Waals surface area contributed by atoms with Crippen molar-refractivity contribution >= 4 is 11.6 Å². The van der Waals surface area contributed by atoms with Crippen LogP contribution in [0.15, 0.2) is 18.2 Å². The summed E-state index contributed by atoms with van der Waals surface area (Å²) in [4.78, 5) is 0. The van der Waals surface area contributed by atoms with Crippen molar-refractivity contribution in [3.8, 4) is 5.75 Å². The molecule has 0 aliphatic heterocycles. The topological polar surface area (TPSA) is 49.7 Å². The van der Waals surface area contributed by atoms with E-state index in [1.807, 2.05) is 0 Å². The minimum atomic E-state index is -0.629. The van der Waals surface area contributed by atoms with E-state index < -0.39 is 6.10 Å². The number of aliphatic hydroxyl groups is 2. The summed E-state index contributed by atoms with van der Waals surface area (Å²) in [7, 11) is 1.56. The van der Waals surface area contributed by atoms with Gasteiger partial charge in [-0.25, -0.2) is 0 Å². The Kier molecular flexibility index (Phi) is 4.88. The number of rotatable bonds is 5. The second kappa shape index (κ2) is 5.95. The zero-order valence-electron chi connectivity index (χ0n) is 8.61. The normalized spacial score (nSPS) is 12.5. The molecule has 0 heterocycles. The van der Waals surface area contributed by atoms with Crippen LogP contribution >= 0.6 is 11.6 Å². The van der Waals surface area contributed by atoms with Crippen LogP contribution in [0.5, 0.6) is 5.75 Å². The van der Waals surface area contributed by atoms with Crippen LogP contribution in [0.1, 0.15) is 24.5 Å². The lowest BCUT2D eigenvalue weighted by atomic mass is 10.0. The molecule has 3 nitrogen and oxygen atoms in total. The zero-order chi connectivity index (χ0) is 11.3. The molecule has 0 aliphatic carbocycles. The molecule has 1 aromatic carbocycles.